The highest BCUT2D eigenvalue weighted by Crippen LogP contribution is 2.47. The van der Waals surface area contributed by atoms with E-state index in [4.69, 9.17) is 5.11 Å². The fraction of sp³-hybridized carbons (Fsp3) is 0.611. The van der Waals surface area contributed by atoms with Crippen molar-refractivity contribution in [2.24, 2.45) is 0 Å². The normalized spacial score (nSPS) is 21.1. The summed E-state index contributed by atoms with van der Waals surface area (Å²) in [5, 5.41) is 12.1. The highest BCUT2D eigenvalue weighted by atomic mass is 16.3. The summed E-state index contributed by atoms with van der Waals surface area (Å²) in [5.74, 6) is 0.128. The van der Waals surface area contributed by atoms with E-state index >= 15 is 0 Å². The van der Waals surface area contributed by atoms with Crippen molar-refractivity contribution in [2.45, 2.75) is 18.3 Å². The zero-order chi connectivity index (χ0) is 16.1. The molecular formula is C18H27N3O2. The summed E-state index contributed by atoms with van der Waals surface area (Å²) in [6.07, 6.45) is 2.33. The first-order valence-corrected chi connectivity index (χ1v) is 8.60. The van der Waals surface area contributed by atoms with E-state index in [1.165, 1.54) is 5.56 Å². The molecule has 0 atom stereocenters. The molecule has 1 aliphatic heterocycles. The van der Waals surface area contributed by atoms with Gasteiger partial charge in [-0.1, -0.05) is 30.3 Å². The van der Waals surface area contributed by atoms with E-state index < -0.39 is 0 Å². The lowest BCUT2D eigenvalue weighted by Crippen LogP contribution is -2.50. The molecule has 1 amide bonds. The minimum absolute atomic E-state index is 0.128. The third kappa shape index (κ3) is 4.31. The molecule has 0 spiro atoms. The molecule has 5 heteroatoms. The Morgan fingerprint density at radius 1 is 1.09 bits per heavy atom. The van der Waals surface area contributed by atoms with Gasteiger partial charge in [0.05, 0.1) is 13.2 Å². The number of rotatable bonds is 7. The Bertz CT molecular complexity index is 508. The van der Waals surface area contributed by atoms with Gasteiger partial charge in [-0.15, -0.1) is 0 Å². The maximum Gasteiger partial charge on any atom is 0.234 e. The third-order valence-electron chi connectivity index (χ3n) is 5.11. The van der Waals surface area contributed by atoms with Crippen molar-refractivity contribution in [1.82, 2.24) is 15.1 Å². The minimum atomic E-state index is 0.128. The predicted octanol–water partition coefficient (Wildman–Crippen LogP) is 0.444. The number of piperazine rings is 1. The van der Waals surface area contributed by atoms with Crippen molar-refractivity contribution in [2.75, 3.05) is 52.4 Å². The van der Waals surface area contributed by atoms with Crippen LogP contribution in [0.3, 0.4) is 0 Å². The molecule has 5 nitrogen and oxygen atoms in total. The Morgan fingerprint density at radius 3 is 2.35 bits per heavy atom. The monoisotopic (exact) mass is 317 g/mol. The summed E-state index contributed by atoms with van der Waals surface area (Å²) >= 11 is 0. The van der Waals surface area contributed by atoms with Crippen molar-refractivity contribution in [1.29, 1.82) is 0 Å². The van der Waals surface area contributed by atoms with E-state index in [9.17, 15) is 4.79 Å². The Labute approximate surface area is 138 Å². The summed E-state index contributed by atoms with van der Waals surface area (Å²) in [6.45, 7) is 5.85. The number of aliphatic hydroxyl groups excluding tert-OH is 1. The molecule has 0 unspecified atom stereocenters. The molecule has 2 aliphatic rings. The molecule has 0 bridgehead atoms. The third-order valence-corrected chi connectivity index (χ3v) is 5.11. The standard InChI is InChI=1S/C18H27N3O2/c22-13-12-20-8-10-21(11-9-20)14-17(23)19-15-18(6-7-18)16-4-2-1-3-5-16/h1-5,22H,6-15H2,(H,19,23). The van der Waals surface area contributed by atoms with E-state index in [0.29, 0.717) is 6.54 Å². The second-order valence-corrected chi connectivity index (χ2v) is 6.76. The number of hydrogen-bond donors (Lipinski definition) is 2. The van der Waals surface area contributed by atoms with Gasteiger partial charge in [-0.25, -0.2) is 0 Å². The maximum absolute atomic E-state index is 12.2. The molecule has 2 fully saturated rings. The van der Waals surface area contributed by atoms with Gasteiger partial charge < -0.3 is 10.4 Å². The van der Waals surface area contributed by atoms with Crippen molar-refractivity contribution < 1.29 is 9.90 Å². The largest absolute Gasteiger partial charge is 0.395 e. The number of β-amino-alcohol motifs (C(OH)–C–C–N with tert-alkyl or cyclic N) is 1. The van der Waals surface area contributed by atoms with E-state index in [2.05, 4.69) is 39.4 Å². The zero-order valence-electron chi connectivity index (χ0n) is 13.7. The molecule has 23 heavy (non-hydrogen) atoms. The van der Waals surface area contributed by atoms with Crippen LogP contribution < -0.4 is 5.32 Å². The molecule has 1 heterocycles. The van der Waals surface area contributed by atoms with E-state index in [0.717, 1.165) is 52.1 Å². The van der Waals surface area contributed by atoms with Gasteiger partial charge in [-0.05, 0) is 18.4 Å². The fourth-order valence-corrected chi connectivity index (χ4v) is 3.35. The second-order valence-electron chi connectivity index (χ2n) is 6.76. The van der Waals surface area contributed by atoms with Crippen LogP contribution in [0.15, 0.2) is 30.3 Å². The Morgan fingerprint density at radius 2 is 1.74 bits per heavy atom. The highest BCUT2D eigenvalue weighted by molar-refractivity contribution is 5.78. The lowest BCUT2D eigenvalue weighted by molar-refractivity contribution is -0.122. The average molecular weight is 317 g/mol. The molecule has 1 aromatic rings. The molecule has 2 N–H and O–H groups in total. The summed E-state index contributed by atoms with van der Waals surface area (Å²) in [5.41, 5.74) is 1.52. The van der Waals surface area contributed by atoms with Crippen LogP contribution in [0.4, 0.5) is 0 Å². The Hall–Kier alpha value is -1.43. The van der Waals surface area contributed by atoms with Crippen LogP contribution in [-0.2, 0) is 10.2 Å². The quantitative estimate of drug-likeness (QED) is 0.766. The van der Waals surface area contributed by atoms with Crippen LogP contribution in [0.25, 0.3) is 0 Å². The van der Waals surface area contributed by atoms with Gasteiger partial charge in [0, 0.05) is 44.7 Å². The molecule has 0 radical (unpaired) electrons. The predicted molar refractivity (Wildman–Crippen MR) is 90.3 cm³/mol. The lowest BCUT2D eigenvalue weighted by atomic mass is 9.96. The van der Waals surface area contributed by atoms with E-state index in [1.807, 2.05) is 6.07 Å². The lowest BCUT2D eigenvalue weighted by Gasteiger charge is -2.33. The number of hydrogen-bond acceptors (Lipinski definition) is 4. The molecule has 1 aliphatic carbocycles. The summed E-state index contributed by atoms with van der Waals surface area (Å²) in [4.78, 5) is 16.7. The minimum Gasteiger partial charge on any atom is -0.395 e. The van der Waals surface area contributed by atoms with Gasteiger partial charge in [-0.2, -0.15) is 0 Å². The van der Waals surface area contributed by atoms with Crippen molar-refractivity contribution in [3.63, 3.8) is 0 Å². The van der Waals surface area contributed by atoms with E-state index in [-0.39, 0.29) is 17.9 Å². The number of nitrogens with one attached hydrogen (secondary N) is 1. The summed E-state index contributed by atoms with van der Waals surface area (Å²) < 4.78 is 0. The summed E-state index contributed by atoms with van der Waals surface area (Å²) in [7, 11) is 0. The fourth-order valence-electron chi connectivity index (χ4n) is 3.35. The van der Waals surface area contributed by atoms with Gasteiger partial charge in [-0.3, -0.25) is 14.6 Å². The number of carbonyl (C=O) groups is 1. The van der Waals surface area contributed by atoms with Gasteiger partial charge in [0.15, 0.2) is 0 Å². The van der Waals surface area contributed by atoms with Crippen LogP contribution in [-0.4, -0.2) is 73.2 Å². The first-order chi connectivity index (χ1) is 11.2. The zero-order valence-corrected chi connectivity index (χ0v) is 13.7. The van der Waals surface area contributed by atoms with Crippen molar-refractivity contribution >= 4 is 5.91 Å². The smallest absolute Gasteiger partial charge is 0.234 e. The molecular weight excluding hydrogens is 290 g/mol. The number of aliphatic hydroxyl groups is 1. The molecule has 1 aromatic carbocycles. The number of amides is 1. The average Bonchev–Trinajstić information content (AvgIpc) is 3.37. The van der Waals surface area contributed by atoms with Crippen molar-refractivity contribution in [3.05, 3.63) is 35.9 Å². The topological polar surface area (TPSA) is 55.8 Å². The SMILES string of the molecule is O=C(CN1CCN(CCO)CC1)NCC1(c2ccccc2)CC1. The van der Waals surface area contributed by atoms with Crippen LogP contribution in [0, 0.1) is 0 Å². The molecule has 126 valence electrons. The highest BCUT2D eigenvalue weighted by Gasteiger charge is 2.44. The molecule has 1 saturated carbocycles. The second kappa shape index (κ2) is 7.43. The van der Waals surface area contributed by atoms with Crippen LogP contribution in [0.2, 0.25) is 0 Å². The van der Waals surface area contributed by atoms with Gasteiger partial charge in [0.2, 0.25) is 5.91 Å². The summed E-state index contributed by atoms with van der Waals surface area (Å²) in [6, 6.07) is 10.5. The first kappa shape index (κ1) is 16.4. The van der Waals surface area contributed by atoms with Gasteiger partial charge in [0.25, 0.3) is 0 Å². The Balaban J connectivity index is 1.41. The van der Waals surface area contributed by atoms with Crippen LogP contribution in [0.5, 0.6) is 0 Å². The Kier molecular flexibility index (Phi) is 5.30. The molecule has 1 saturated heterocycles. The van der Waals surface area contributed by atoms with Crippen LogP contribution >= 0.6 is 0 Å². The number of benzene rings is 1. The van der Waals surface area contributed by atoms with Crippen molar-refractivity contribution in [3.8, 4) is 0 Å². The van der Waals surface area contributed by atoms with Gasteiger partial charge in [0.1, 0.15) is 0 Å². The first-order valence-electron chi connectivity index (χ1n) is 8.60. The van der Waals surface area contributed by atoms with E-state index in [1.54, 1.807) is 0 Å². The molecule has 0 aromatic heterocycles. The molecule has 3 rings (SSSR count). The van der Waals surface area contributed by atoms with Crippen LogP contribution in [0.1, 0.15) is 18.4 Å². The number of nitrogens with zero attached hydrogens (tertiary/aromatic N) is 2. The number of carbonyl (C=O) groups excluding carboxylic acids is 1. The van der Waals surface area contributed by atoms with Gasteiger partial charge >= 0.3 is 0 Å². The maximum atomic E-state index is 12.2.